The number of nitrogens with zero attached hydrogens (tertiary/aromatic N) is 2. The van der Waals surface area contributed by atoms with Crippen LogP contribution in [0.4, 0.5) is 10.1 Å². The Bertz CT molecular complexity index is 340. The lowest BCUT2D eigenvalue weighted by Gasteiger charge is -2.38. The van der Waals surface area contributed by atoms with Crippen LogP contribution in [0, 0.1) is 11.9 Å². The largest absolute Gasteiger partial charge is 0.369 e. The molecule has 2 heterocycles. The third-order valence-electron chi connectivity index (χ3n) is 3.18. The molecule has 0 spiro atoms. The quantitative estimate of drug-likeness (QED) is 0.660. The maximum absolute atomic E-state index is 13.0. The lowest BCUT2D eigenvalue weighted by molar-refractivity contribution is 0.377. The van der Waals surface area contributed by atoms with Crippen LogP contribution in [0.1, 0.15) is 26.7 Å². The van der Waals surface area contributed by atoms with Crippen LogP contribution in [0.3, 0.4) is 0 Å². The Balaban J connectivity index is 2.17. The van der Waals surface area contributed by atoms with Crippen molar-refractivity contribution in [2.24, 2.45) is 5.92 Å². The average molecular weight is 208 g/mol. The second kappa shape index (κ2) is 4.17. The van der Waals surface area contributed by atoms with E-state index >= 15 is 0 Å². The van der Waals surface area contributed by atoms with Gasteiger partial charge in [-0.3, -0.25) is 0 Å². The van der Waals surface area contributed by atoms with Crippen molar-refractivity contribution in [2.75, 3.05) is 11.4 Å². The molecule has 1 aromatic rings. The molecular formula is C12H17FN2. The van der Waals surface area contributed by atoms with Gasteiger partial charge in [0.2, 0.25) is 5.95 Å². The van der Waals surface area contributed by atoms with Crippen molar-refractivity contribution in [1.29, 1.82) is 0 Å². The Morgan fingerprint density at radius 2 is 2.27 bits per heavy atom. The highest BCUT2D eigenvalue weighted by atomic mass is 19.1. The molecule has 1 saturated heterocycles. The topological polar surface area (TPSA) is 16.1 Å². The van der Waals surface area contributed by atoms with Gasteiger partial charge in [-0.25, -0.2) is 4.98 Å². The van der Waals surface area contributed by atoms with Crippen molar-refractivity contribution in [3.63, 3.8) is 0 Å². The molecule has 2 rings (SSSR count). The number of rotatable bonds is 1. The molecule has 0 bridgehead atoms. The molecule has 0 aliphatic carbocycles. The highest BCUT2D eigenvalue weighted by Gasteiger charge is 2.23. The molecule has 0 amide bonds. The first kappa shape index (κ1) is 10.4. The van der Waals surface area contributed by atoms with Gasteiger partial charge in [0.15, 0.2) is 0 Å². The summed E-state index contributed by atoms with van der Waals surface area (Å²) >= 11 is 0. The van der Waals surface area contributed by atoms with Gasteiger partial charge in [-0.05, 0) is 31.7 Å². The van der Waals surface area contributed by atoms with Crippen molar-refractivity contribution >= 4 is 5.69 Å². The Labute approximate surface area is 90.1 Å². The molecule has 1 aromatic heterocycles. The van der Waals surface area contributed by atoms with Crippen LogP contribution in [-0.4, -0.2) is 17.6 Å². The van der Waals surface area contributed by atoms with Crippen molar-refractivity contribution < 1.29 is 4.39 Å². The fourth-order valence-electron chi connectivity index (χ4n) is 2.36. The van der Waals surface area contributed by atoms with Crippen molar-refractivity contribution in [2.45, 2.75) is 32.7 Å². The zero-order chi connectivity index (χ0) is 10.8. The van der Waals surface area contributed by atoms with Gasteiger partial charge < -0.3 is 4.90 Å². The summed E-state index contributed by atoms with van der Waals surface area (Å²) < 4.78 is 13.0. The number of piperidine rings is 1. The lowest BCUT2D eigenvalue weighted by Crippen LogP contribution is -2.40. The first-order valence-electron chi connectivity index (χ1n) is 5.55. The normalized spacial score (nSPS) is 26.7. The minimum absolute atomic E-state index is 0.390. The molecule has 2 atom stereocenters. The molecule has 15 heavy (non-hydrogen) atoms. The van der Waals surface area contributed by atoms with Crippen molar-refractivity contribution in [3.8, 4) is 0 Å². The summed E-state index contributed by atoms with van der Waals surface area (Å²) in [4.78, 5) is 5.85. The number of hydrogen-bond acceptors (Lipinski definition) is 2. The zero-order valence-corrected chi connectivity index (χ0v) is 9.28. The van der Waals surface area contributed by atoms with Crippen LogP contribution in [-0.2, 0) is 0 Å². The zero-order valence-electron chi connectivity index (χ0n) is 9.28. The smallest absolute Gasteiger partial charge is 0.214 e. The number of aromatic nitrogens is 1. The summed E-state index contributed by atoms with van der Waals surface area (Å²) in [6.07, 6.45) is 3.91. The van der Waals surface area contributed by atoms with Gasteiger partial charge in [0.1, 0.15) is 0 Å². The average Bonchev–Trinajstić information content (AvgIpc) is 2.17. The molecule has 1 aliphatic heterocycles. The maximum Gasteiger partial charge on any atom is 0.214 e. The third-order valence-corrected chi connectivity index (χ3v) is 3.18. The maximum atomic E-state index is 13.0. The monoisotopic (exact) mass is 208 g/mol. The second-order valence-electron chi connectivity index (χ2n) is 4.51. The summed E-state index contributed by atoms with van der Waals surface area (Å²) in [5.74, 6) is 0.390. The van der Waals surface area contributed by atoms with E-state index in [1.54, 1.807) is 0 Å². The van der Waals surface area contributed by atoms with E-state index in [0.29, 0.717) is 6.04 Å². The van der Waals surface area contributed by atoms with E-state index in [2.05, 4.69) is 23.7 Å². The van der Waals surface area contributed by atoms with E-state index in [1.165, 1.54) is 25.1 Å². The van der Waals surface area contributed by atoms with Gasteiger partial charge in [-0.2, -0.15) is 4.39 Å². The van der Waals surface area contributed by atoms with Crippen molar-refractivity contribution in [3.05, 3.63) is 24.3 Å². The fourth-order valence-corrected chi connectivity index (χ4v) is 2.36. The van der Waals surface area contributed by atoms with E-state index in [9.17, 15) is 4.39 Å². The highest BCUT2D eigenvalue weighted by molar-refractivity contribution is 5.46. The first-order valence-corrected chi connectivity index (χ1v) is 5.55. The minimum Gasteiger partial charge on any atom is -0.369 e. The fraction of sp³-hybridized carbons (Fsp3) is 0.583. The van der Waals surface area contributed by atoms with Gasteiger partial charge in [-0.1, -0.05) is 6.92 Å². The van der Waals surface area contributed by atoms with Gasteiger partial charge in [0, 0.05) is 30.5 Å². The van der Waals surface area contributed by atoms with Gasteiger partial charge in [0.25, 0.3) is 0 Å². The van der Waals surface area contributed by atoms with E-state index in [0.717, 1.165) is 18.2 Å². The molecule has 0 aromatic carbocycles. The molecular weight excluding hydrogens is 191 g/mol. The van der Waals surface area contributed by atoms with Gasteiger partial charge in [-0.15, -0.1) is 0 Å². The summed E-state index contributed by atoms with van der Waals surface area (Å²) in [7, 11) is 0. The standard InChI is InChI=1S/C12H17FN2/c1-9-4-6-15(10(2)7-9)11-3-5-14-12(13)8-11/h3,5,8-10H,4,6-7H2,1-2H3. The summed E-state index contributed by atoms with van der Waals surface area (Å²) in [6, 6.07) is 3.90. The van der Waals surface area contributed by atoms with Crippen molar-refractivity contribution in [1.82, 2.24) is 4.98 Å². The third kappa shape index (κ3) is 2.28. The molecule has 0 saturated carbocycles. The number of halogens is 1. The molecule has 3 heteroatoms. The van der Waals surface area contributed by atoms with E-state index in [4.69, 9.17) is 0 Å². The Morgan fingerprint density at radius 1 is 1.47 bits per heavy atom. The molecule has 1 aliphatic rings. The molecule has 0 radical (unpaired) electrons. The number of pyridine rings is 1. The van der Waals surface area contributed by atoms with Crippen LogP contribution in [0.25, 0.3) is 0 Å². The molecule has 2 unspecified atom stereocenters. The SMILES string of the molecule is CC1CCN(c2ccnc(F)c2)C(C)C1. The second-order valence-corrected chi connectivity index (χ2v) is 4.51. The van der Waals surface area contributed by atoms with Crippen LogP contribution in [0.5, 0.6) is 0 Å². The number of hydrogen-bond donors (Lipinski definition) is 0. The summed E-state index contributed by atoms with van der Waals surface area (Å²) in [6.45, 7) is 5.50. The Kier molecular flexibility index (Phi) is 2.89. The highest BCUT2D eigenvalue weighted by Crippen LogP contribution is 2.27. The van der Waals surface area contributed by atoms with Crippen LogP contribution >= 0.6 is 0 Å². The number of anilines is 1. The molecule has 2 nitrogen and oxygen atoms in total. The van der Waals surface area contributed by atoms with Crippen LogP contribution in [0.15, 0.2) is 18.3 Å². The molecule has 82 valence electrons. The van der Waals surface area contributed by atoms with Crippen LogP contribution in [0.2, 0.25) is 0 Å². The summed E-state index contributed by atoms with van der Waals surface area (Å²) in [5.41, 5.74) is 0.960. The Hall–Kier alpha value is -1.12. The van der Waals surface area contributed by atoms with Gasteiger partial charge in [0.05, 0.1) is 0 Å². The minimum atomic E-state index is -0.390. The first-order chi connectivity index (χ1) is 7.16. The van der Waals surface area contributed by atoms with Gasteiger partial charge >= 0.3 is 0 Å². The molecule has 1 fully saturated rings. The molecule has 0 N–H and O–H groups in total. The van der Waals surface area contributed by atoms with E-state index in [-0.39, 0.29) is 0 Å². The predicted octanol–water partition coefficient (Wildman–Crippen LogP) is 2.85. The Morgan fingerprint density at radius 3 is 2.93 bits per heavy atom. The van der Waals surface area contributed by atoms with E-state index < -0.39 is 5.95 Å². The van der Waals surface area contributed by atoms with E-state index in [1.807, 2.05) is 6.07 Å². The predicted molar refractivity (Wildman–Crippen MR) is 59.4 cm³/mol. The summed E-state index contributed by atoms with van der Waals surface area (Å²) in [5, 5.41) is 0. The lowest BCUT2D eigenvalue weighted by atomic mass is 9.93. The van der Waals surface area contributed by atoms with Crippen LogP contribution < -0.4 is 4.90 Å².